The highest BCUT2D eigenvalue weighted by Gasteiger charge is 2.30. The van der Waals surface area contributed by atoms with Crippen LogP contribution in [-0.4, -0.2) is 42.1 Å². The van der Waals surface area contributed by atoms with Gasteiger partial charge in [-0.25, -0.2) is 12.8 Å². The summed E-state index contributed by atoms with van der Waals surface area (Å²) in [7, 11) is -3.68. The molecule has 128 valence electrons. The third-order valence-electron chi connectivity index (χ3n) is 3.90. The first-order valence-electron chi connectivity index (χ1n) is 7.68. The van der Waals surface area contributed by atoms with Gasteiger partial charge in [-0.3, -0.25) is 0 Å². The lowest BCUT2D eigenvalue weighted by Gasteiger charge is -2.31. The molecule has 1 aromatic carbocycles. The number of halogens is 1. The van der Waals surface area contributed by atoms with E-state index in [4.69, 9.17) is 4.74 Å². The van der Waals surface area contributed by atoms with Crippen LogP contribution in [0, 0.1) is 12.7 Å². The second-order valence-electron chi connectivity index (χ2n) is 5.69. The fourth-order valence-corrected chi connectivity index (χ4v) is 4.09. The number of sulfonamides is 1. The fraction of sp³-hybridized carbons (Fsp3) is 0.375. The Morgan fingerprint density at radius 2 is 1.92 bits per heavy atom. The van der Waals surface area contributed by atoms with Gasteiger partial charge in [0.1, 0.15) is 11.9 Å². The van der Waals surface area contributed by atoms with E-state index in [0.717, 1.165) is 11.8 Å². The normalized spacial score (nSPS) is 16.9. The number of nitrogens with zero attached hydrogens (tertiary/aromatic N) is 3. The zero-order valence-corrected chi connectivity index (χ0v) is 14.0. The Morgan fingerprint density at radius 3 is 2.54 bits per heavy atom. The quantitative estimate of drug-likeness (QED) is 0.844. The van der Waals surface area contributed by atoms with Crippen molar-refractivity contribution in [2.75, 3.05) is 13.1 Å². The van der Waals surface area contributed by atoms with E-state index in [1.165, 1.54) is 22.5 Å². The van der Waals surface area contributed by atoms with Gasteiger partial charge in [-0.05, 0) is 44.0 Å². The summed E-state index contributed by atoms with van der Waals surface area (Å²) in [4.78, 5) is -0.0220. The molecule has 0 radical (unpaired) electrons. The number of ether oxygens (including phenoxy) is 1. The van der Waals surface area contributed by atoms with Gasteiger partial charge in [-0.2, -0.15) is 9.40 Å². The average molecular weight is 351 g/mol. The molecule has 8 heteroatoms. The minimum atomic E-state index is -3.68. The third kappa shape index (κ3) is 3.70. The van der Waals surface area contributed by atoms with Crippen molar-refractivity contribution in [2.45, 2.75) is 30.8 Å². The molecule has 0 atom stereocenters. The van der Waals surface area contributed by atoms with Gasteiger partial charge in [-0.1, -0.05) is 6.07 Å². The van der Waals surface area contributed by atoms with Crippen molar-refractivity contribution in [3.05, 3.63) is 47.9 Å². The molecule has 1 aliphatic heterocycles. The molecule has 0 saturated carbocycles. The molecule has 0 N–H and O–H groups in total. The Kier molecular flexibility index (Phi) is 4.77. The first-order valence-corrected chi connectivity index (χ1v) is 9.12. The van der Waals surface area contributed by atoms with Gasteiger partial charge in [0.05, 0.1) is 10.6 Å². The molecule has 2 aromatic rings. The van der Waals surface area contributed by atoms with Gasteiger partial charge in [0.15, 0.2) is 0 Å². The molecule has 1 aliphatic rings. The van der Waals surface area contributed by atoms with E-state index in [-0.39, 0.29) is 11.0 Å². The Labute approximate surface area is 140 Å². The van der Waals surface area contributed by atoms with Crippen molar-refractivity contribution in [2.24, 2.45) is 0 Å². The van der Waals surface area contributed by atoms with E-state index in [1.807, 2.05) is 13.0 Å². The van der Waals surface area contributed by atoms with Crippen LogP contribution in [0.4, 0.5) is 4.39 Å². The van der Waals surface area contributed by atoms with Crippen molar-refractivity contribution in [1.82, 2.24) is 14.5 Å². The van der Waals surface area contributed by atoms with E-state index < -0.39 is 15.8 Å². The average Bonchev–Trinajstić information content (AvgIpc) is 2.57. The molecule has 0 unspecified atom stereocenters. The Balaban J connectivity index is 1.63. The number of rotatable bonds is 4. The topological polar surface area (TPSA) is 72.4 Å². The van der Waals surface area contributed by atoms with Crippen LogP contribution < -0.4 is 4.74 Å². The maximum Gasteiger partial charge on any atom is 0.243 e. The maximum absolute atomic E-state index is 13.3. The second-order valence-corrected chi connectivity index (χ2v) is 7.63. The Bertz CT molecular complexity index is 804. The van der Waals surface area contributed by atoms with Crippen molar-refractivity contribution >= 4 is 10.0 Å². The number of hydrogen-bond acceptors (Lipinski definition) is 5. The van der Waals surface area contributed by atoms with E-state index in [1.54, 1.807) is 6.07 Å². The minimum absolute atomic E-state index is 0.0220. The number of aromatic nitrogens is 2. The van der Waals surface area contributed by atoms with E-state index in [0.29, 0.717) is 31.8 Å². The van der Waals surface area contributed by atoms with Crippen molar-refractivity contribution in [1.29, 1.82) is 0 Å². The molecule has 0 bridgehead atoms. The minimum Gasteiger partial charge on any atom is -0.473 e. The first-order chi connectivity index (χ1) is 11.4. The van der Waals surface area contributed by atoms with E-state index in [2.05, 4.69) is 10.2 Å². The summed E-state index contributed by atoms with van der Waals surface area (Å²) in [6.45, 7) is 2.48. The molecule has 0 aliphatic carbocycles. The molecule has 24 heavy (non-hydrogen) atoms. The SMILES string of the molecule is Cc1ccc(OC2CCN(S(=O)(=O)c3cccc(F)c3)CC2)nn1. The summed E-state index contributed by atoms with van der Waals surface area (Å²) in [6.07, 6.45) is 0.981. The van der Waals surface area contributed by atoms with Crippen LogP contribution in [0.1, 0.15) is 18.5 Å². The highest BCUT2D eigenvalue weighted by Crippen LogP contribution is 2.23. The molecule has 2 heterocycles. The highest BCUT2D eigenvalue weighted by molar-refractivity contribution is 7.89. The zero-order chi connectivity index (χ0) is 17.2. The summed E-state index contributed by atoms with van der Waals surface area (Å²) >= 11 is 0. The monoisotopic (exact) mass is 351 g/mol. The molecule has 0 spiro atoms. The van der Waals surface area contributed by atoms with Crippen LogP contribution in [0.3, 0.4) is 0 Å². The first kappa shape index (κ1) is 16.8. The van der Waals surface area contributed by atoms with Crippen LogP contribution in [-0.2, 0) is 10.0 Å². The molecule has 1 fully saturated rings. The number of piperidine rings is 1. The Hall–Kier alpha value is -2.06. The molecule has 0 amide bonds. The number of hydrogen-bond donors (Lipinski definition) is 0. The van der Waals surface area contributed by atoms with Gasteiger partial charge < -0.3 is 4.74 Å². The molecular formula is C16H18FN3O3S. The molecule has 1 saturated heterocycles. The van der Waals surface area contributed by atoms with Gasteiger partial charge in [-0.15, -0.1) is 5.10 Å². The largest absolute Gasteiger partial charge is 0.473 e. The molecule has 1 aromatic heterocycles. The lowest BCUT2D eigenvalue weighted by Crippen LogP contribution is -2.41. The number of aryl methyl sites for hydroxylation is 1. The predicted molar refractivity (Wildman–Crippen MR) is 85.6 cm³/mol. The fourth-order valence-electron chi connectivity index (χ4n) is 2.59. The van der Waals surface area contributed by atoms with Crippen molar-refractivity contribution in [3.63, 3.8) is 0 Å². The second kappa shape index (κ2) is 6.82. The summed E-state index contributed by atoms with van der Waals surface area (Å²) in [5.41, 5.74) is 0.804. The molecule has 6 nitrogen and oxygen atoms in total. The van der Waals surface area contributed by atoms with Crippen LogP contribution >= 0.6 is 0 Å². The smallest absolute Gasteiger partial charge is 0.243 e. The van der Waals surface area contributed by atoms with E-state index >= 15 is 0 Å². The summed E-state index contributed by atoms with van der Waals surface area (Å²) < 4.78 is 45.5. The van der Waals surface area contributed by atoms with Gasteiger partial charge in [0.2, 0.25) is 15.9 Å². The van der Waals surface area contributed by atoms with Crippen LogP contribution in [0.2, 0.25) is 0 Å². The maximum atomic E-state index is 13.3. The lowest BCUT2D eigenvalue weighted by molar-refractivity contribution is 0.128. The van der Waals surface area contributed by atoms with Gasteiger partial charge in [0.25, 0.3) is 0 Å². The molecular weight excluding hydrogens is 333 g/mol. The highest BCUT2D eigenvalue weighted by atomic mass is 32.2. The summed E-state index contributed by atoms with van der Waals surface area (Å²) in [6, 6.07) is 8.63. The van der Waals surface area contributed by atoms with Crippen LogP contribution in [0.25, 0.3) is 0 Å². The summed E-state index contributed by atoms with van der Waals surface area (Å²) in [5.74, 6) is -0.126. The Morgan fingerprint density at radius 1 is 1.17 bits per heavy atom. The van der Waals surface area contributed by atoms with E-state index in [9.17, 15) is 12.8 Å². The van der Waals surface area contributed by atoms with Crippen molar-refractivity contribution < 1.29 is 17.5 Å². The van der Waals surface area contributed by atoms with Crippen molar-refractivity contribution in [3.8, 4) is 5.88 Å². The lowest BCUT2D eigenvalue weighted by atomic mass is 10.1. The summed E-state index contributed by atoms with van der Waals surface area (Å²) in [5, 5.41) is 7.88. The van der Waals surface area contributed by atoms with Gasteiger partial charge in [0, 0.05) is 19.2 Å². The number of benzene rings is 1. The van der Waals surface area contributed by atoms with Gasteiger partial charge >= 0.3 is 0 Å². The van der Waals surface area contributed by atoms with Crippen LogP contribution in [0.15, 0.2) is 41.3 Å². The molecule has 3 rings (SSSR count). The zero-order valence-electron chi connectivity index (χ0n) is 13.2. The van der Waals surface area contributed by atoms with Crippen LogP contribution in [0.5, 0.6) is 5.88 Å². The predicted octanol–water partition coefficient (Wildman–Crippen LogP) is 2.16. The third-order valence-corrected chi connectivity index (χ3v) is 5.79. The standard InChI is InChI=1S/C16H18FN3O3S/c1-12-5-6-16(19-18-12)23-14-7-9-20(10-8-14)24(21,22)15-4-2-3-13(17)11-15/h2-6,11,14H,7-10H2,1H3.